The number of benzene rings is 6. The minimum atomic E-state index is -0.388. The standard InChI is InChI=1S/C41H27N3/c1-2-25-19-22-38-33(23-25)27-11-3-4-15-32(27)40-43-42-39(44(38)40)26-20-21-31-30-14-7-10-18-36(30)41(37(31)24-26)34-16-8-5-12-28(34)29-13-6-9-17-35(29)41/h3-24H,2H2,1H3. The number of aromatic nitrogens is 3. The van der Waals surface area contributed by atoms with Crippen LogP contribution in [0.3, 0.4) is 0 Å². The first-order chi connectivity index (χ1) is 21.8. The van der Waals surface area contributed by atoms with Crippen LogP contribution in [0.5, 0.6) is 0 Å². The van der Waals surface area contributed by atoms with Gasteiger partial charge in [-0.2, -0.15) is 0 Å². The van der Waals surface area contributed by atoms with Gasteiger partial charge in [0, 0.05) is 16.3 Å². The van der Waals surface area contributed by atoms with Gasteiger partial charge < -0.3 is 0 Å². The highest BCUT2D eigenvalue weighted by Crippen LogP contribution is 2.63. The fourth-order valence-corrected chi connectivity index (χ4v) is 8.23. The average molecular weight is 562 g/mol. The highest BCUT2D eigenvalue weighted by Gasteiger charge is 2.51. The fraction of sp³-hybridized carbons (Fsp3) is 0.0732. The smallest absolute Gasteiger partial charge is 0.169 e. The van der Waals surface area contributed by atoms with Crippen LogP contribution in [0.15, 0.2) is 133 Å². The third-order valence-corrected chi connectivity index (χ3v) is 10.1. The fourth-order valence-electron chi connectivity index (χ4n) is 8.23. The lowest BCUT2D eigenvalue weighted by atomic mass is 9.70. The number of rotatable bonds is 2. The van der Waals surface area contributed by atoms with Crippen molar-refractivity contribution in [2.45, 2.75) is 18.8 Å². The van der Waals surface area contributed by atoms with Crippen LogP contribution in [0.4, 0.5) is 0 Å². The Morgan fingerprint density at radius 3 is 1.77 bits per heavy atom. The van der Waals surface area contributed by atoms with Crippen LogP contribution in [0.25, 0.3) is 61.0 Å². The minimum Gasteiger partial charge on any atom is -0.274 e. The second-order valence-corrected chi connectivity index (χ2v) is 12.1. The molecule has 0 amide bonds. The van der Waals surface area contributed by atoms with Crippen molar-refractivity contribution in [1.29, 1.82) is 0 Å². The lowest BCUT2D eigenvalue weighted by molar-refractivity contribution is 0.794. The Morgan fingerprint density at radius 1 is 0.523 bits per heavy atom. The van der Waals surface area contributed by atoms with Crippen molar-refractivity contribution < 1.29 is 0 Å². The van der Waals surface area contributed by atoms with Crippen molar-refractivity contribution >= 4 is 27.3 Å². The molecule has 6 aromatic carbocycles. The second kappa shape index (κ2) is 8.52. The number of nitrogens with zero attached hydrogens (tertiary/aromatic N) is 3. The Bertz CT molecular complexity index is 2440. The van der Waals surface area contributed by atoms with Crippen LogP contribution in [-0.2, 0) is 11.8 Å². The molecule has 1 spiro atoms. The molecule has 0 unspecified atom stereocenters. The molecular formula is C41H27N3. The molecule has 8 aromatic rings. The van der Waals surface area contributed by atoms with E-state index in [1.807, 2.05) is 0 Å². The zero-order chi connectivity index (χ0) is 29.0. The van der Waals surface area contributed by atoms with Gasteiger partial charge in [-0.05, 0) is 80.1 Å². The van der Waals surface area contributed by atoms with E-state index in [0.717, 1.165) is 34.4 Å². The van der Waals surface area contributed by atoms with E-state index in [9.17, 15) is 0 Å². The first-order valence-electron chi connectivity index (χ1n) is 15.4. The van der Waals surface area contributed by atoms with E-state index in [4.69, 9.17) is 10.2 Å². The van der Waals surface area contributed by atoms with Crippen molar-refractivity contribution in [2.24, 2.45) is 0 Å². The van der Waals surface area contributed by atoms with E-state index >= 15 is 0 Å². The maximum atomic E-state index is 4.90. The number of fused-ring (bicyclic) bond motifs is 16. The summed E-state index contributed by atoms with van der Waals surface area (Å²) < 4.78 is 2.27. The molecule has 3 heteroatoms. The molecule has 0 atom stereocenters. The lowest BCUT2D eigenvalue weighted by Gasteiger charge is -2.30. The van der Waals surface area contributed by atoms with Gasteiger partial charge in [0.1, 0.15) is 0 Å². The van der Waals surface area contributed by atoms with Gasteiger partial charge in [0.05, 0.1) is 10.9 Å². The van der Waals surface area contributed by atoms with Gasteiger partial charge in [-0.15, -0.1) is 10.2 Å². The van der Waals surface area contributed by atoms with Crippen LogP contribution in [-0.4, -0.2) is 14.6 Å². The van der Waals surface area contributed by atoms with Crippen LogP contribution < -0.4 is 0 Å². The van der Waals surface area contributed by atoms with Crippen molar-refractivity contribution in [2.75, 3.05) is 0 Å². The highest BCUT2D eigenvalue weighted by molar-refractivity contribution is 6.12. The summed E-state index contributed by atoms with van der Waals surface area (Å²) in [6.07, 6.45) is 0.994. The monoisotopic (exact) mass is 561 g/mol. The van der Waals surface area contributed by atoms with Crippen molar-refractivity contribution in [3.63, 3.8) is 0 Å². The molecule has 0 aliphatic heterocycles. The van der Waals surface area contributed by atoms with Gasteiger partial charge in [-0.3, -0.25) is 4.40 Å². The first kappa shape index (κ1) is 24.0. The molecule has 44 heavy (non-hydrogen) atoms. The van der Waals surface area contributed by atoms with E-state index in [1.54, 1.807) is 0 Å². The molecule has 0 saturated heterocycles. The van der Waals surface area contributed by atoms with Crippen LogP contribution in [0, 0.1) is 0 Å². The third-order valence-electron chi connectivity index (χ3n) is 10.1. The van der Waals surface area contributed by atoms with Gasteiger partial charge in [0.25, 0.3) is 0 Å². The molecule has 0 fully saturated rings. The molecule has 3 nitrogen and oxygen atoms in total. The van der Waals surface area contributed by atoms with Crippen LogP contribution in [0.2, 0.25) is 0 Å². The predicted molar refractivity (Wildman–Crippen MR) is 179 cm³/mol. The van der Waals surface area contributed by atoms with Gasteiger partial charge in [0.15, 0.2) is 11.5 Å². The first-order valence-corrected chi connectivity index (χ1v) is 15.4. The van der Waals surface area contributed by atoms with Gasteiger partial charge >= 0.3 is 0 Å². The molecule has 0 N–H and O–H groups in total. The number of hydrogen-bond donors (Lipinski definition) is 0. The Balaban J connectivity index is 1.31. The Kier molecular flexibility index (Phi) is 4.64. The summed E-state index contributed by atoms with van der Waals surface area (Å²) in [4.78, 5) is 0. The summed E-state index contributed by atoms with van der Waals surface area (Å²) >= 11 is 0. The largest absolute Gasteiger partial charge is 0.274 e. The maximum absolute atomic E-state index is 4.90. The molecule has 2 heterocycles. The van der Waals surface area contributed by atoms with Crippen molar-refractivity contribution in [3.8, 4) is 33.6 Å². The molecule has 0 bridgehead atoms. The molecule has 2 aromatic heterocycles. The topological polar surface area (TPSA) is 30.2 Å². The zero-order valence-electron chi connectivity index (χ0n) is 24.3. The van der Waals surface area contributed by atoms with E-state index in [0.29, 0.717) is 0 Å². The highest BCUT2D eigenvalue weighted by atomic mass is 15.2. The van der Waals surface area contributed by atoms with Crippen LogP contribution >= 0.6 is 0 Å². The Labute approximate surface area is 255 Å². The van der Waals surface area contributed by atoms with Gasteiger partial charge in [-0.25, -0.2) is 0 Å². The summed E-state index contributed by atoms with van der Waals surface area (Å²) in [5.41, 5.74) is 14.6. The minimum absolute atomic E-state index is 0.388. The lowest BCUT2D eigenvalue weighted by Crippen LogP contribution is -2.25. The van der Waals surface area contributed by atoms with Gasteiger partial charge in [0.2, 0.25) is 0 Å². The summed E-state index contributed by atoms with van der Waals surface area (Å²) in [6.45, 7) is 2.21. The molecule has 0 radical (unpaired) electrons. The number of aryl methyl sites for hydroxylation is 1. The molecule has 10 rings (SSSR count). The predicted octanol–water partition coefficient (Wildman–Crippen LogP) is 9.61. The van der Waals surface area contributed by atoms with Crippen LogP contribution in [0.1, 0.15) is 34.7 Å². The van der Waals surface area contributed by atoms with Gasteiger partial charge in [-0.1, -0.05) is 122 Å². The van der Waals surface area contributed by atoms with Crippen molar-refractivity contribution in [3.05, 3.63) is 161 Å². The molecule has 206 valence electrons. The van der Waals surface area contributed by atoms with E-state index in [2.05, 4.69) is 145 Å². The van der Waals surface area contributed by atoms with Crippen molar-refractivity contribution in [1.82, 2.24) is 14.6 Å². The Morgan fingerprint density at radius 2 is 1.11 bits per heavy atom. The third kappa shape index (κ3) is 2.82. The summed E-state index contributed by atoms with van der Waals surface area (Å²) in [7, 11) is 0. The normalized spacial score (nSPS) is 13.8. The molecule has 2 aliphatic carbocycles. The number of hydrogen-bond acceptors (Lipinski definition) is 2. The number of pyridine rings is 1. The molecule has 2 aliphatic rings. The van der Waals surface area contributed by atoms with E-state index in [-0.39, 0.29) is 5.41 Å². The van der Waals surface area contributed by atoms with E-state index < -0.39 is 0 Å². The summed E-state index contributed by atoms with van der Waals surface area (Å²) in [6, 6.07) is 49.2. The maximum Gasteiger partial charge on any atom is 0.169 e. The second-order valence-electron chi connectivity index (χ2n) is 12.1. The van der Waals surface area contributed by atoms with E-state index in [1.165, 1.54) is 60.8 Å². The molecular weight excluding hydrogens is 534 g/mol. The summed E-state index contributed by atoms with van der Waals surface area (Å²) in [5, 5.41) is 13.3. The summed E-state index contributed by atoms with van der Waals surface area (Å²) in [5.74, 6) is 0.869. The Hall–Kier alpha value is -5.54. The average Bonchev–Trinajstić information content (AvgIpc) is 3.76. The molecule has 0 saturated carbocycles. The quantitative estimate of drug-likeness (QED) is 0.197. The zero-order valence-corrected chi connectivity index (χ0v) is 24.3. The SMILES string of the molecule is CCc1ccc2c(c1)c1ccccc1c1nnc(-c3ccc4c(c3)C3(c5ccccc5-c5ccccc53)c3ccccc3-4)n21.